The van der Waals surface area contributed by atoms with E-state index in [-0.39, 0.29) is 21.6 Å². The van der Waals surface area contributed by atoms with Gasteiger partial charge in [-0.05, 0) is 12.1 Å². The zero-order chi connectivity index (χ0) is 18.1. The molecule has 0 saturated carbocycles. The highest BCUT2D eigenvalue weighted by Crippen LogP contribution is 2.33. The Hall–Kier alpha value is -2.28. The highest BCUT2D eigenvalue weighted by molar-refractivity contribution is 6.41. The van der Waals surface area contributed by atoms with Gasteiger partial charge in [0.25, 0.3) is 0 Å². The van der Waals surface area contributed by atoms with E-state index >= 15 is 0 Å². The fourth-order valence-corrected chi connectivity index (χ4v) is 3.08. The van der Waals surface area contributed by atoms with Gasteiger partial charge in [0.15, 0.2) is 5.82 Å². The van der Waals surface area contributed by atoms with Crippen LogP contribution in [0.15, 0.2) is 52.1 Å². The largest absolute Gasteiger partial charge is 0.353 e. The van der Waals surface area contributed by atoms with Gasteiger partial charge in [0.05, 0.1) is 15.7 Å². The molecule has 6 nitrogen and oxygen atoms in total. The van der Waals surface area contributed by atoms with Gasteiger partial charge < -0.3 is 0 Å². The number of nitrogens with one attached hydrogen (secondary N) is 1. The number of anilines is 1. The molecular weight excluding hydrogens is 387 g/mol. The highest BCUT2D eigenvalue weighted by Gasteiger charge is 2.16. The zero-order valence-corrected chi connectivity index (χ0v) is 15.1. The van der Waals surface area contributed by atoms with Gasteiger partial charge in [0.2, 0.25) is 0 Å². The highest BCUT2D eigenvalue weighted by atomic mass is 35.5. The topological polar surface area (TPSA) is 68.9 Å². The van der Waals surface area contributed by atoms with Crippen LogP contribution in [0.25, 0.3) is 11.4 Å². The van der Waals surface area contributed by atoms with Gasteiger partial charge in [-0.1, -0.05) is 65.1 Å². The van der Waals surface area contributed by atoms with E-state index in [9.17, 15) is 9.59 Å². The molecule has 25 heavy (non-hydrogen) atoms. The van der Waals surface area contributed by atoms with Crippen molar-refractivity contribution in [2.75, 3.05) is 5.43 Å². The molecule has 9 heteroatoms. The van der Waals surface area contributed by atoms with Gasteiger partial charge in [0, 0.05) is 17.6 Å². The molecule has 0 atom stereocenters. The van der Waals surface area contributed by atoms with Gasteiger partial charge in [0.1, 0.15) is 0 Å². The summed E-state index contributed by atoms with van der Waals surface area (Å²) in [6, 6.07) is 11.8. The second-order valence-electron chi connectivity index (χ2n) is 5.12. The van der Waals surface area contributed by atoms with E-state index in [0.717, 1.165) is 9.24 Å². The molecule has 2 aromatic carbocycles. The number of hydrogen-bond donors (Lipinski definition) is 1. The van der Waals surface area contributed by atoms with E-state index in [0.29, 0.717) is 10.6 Å². The number of halogens is 3. The van der Waals surface area contributed by atoms with Crippen molar-refractivity contribution < 1.29 is 0 Å². The first-order valence-electron chi connectivity index (χ1n) is 7.05. The summed E-state index contributed by atoms with van der Waals surface area (Å²) in [4.78, 5) is 28.5. The molecule has 1 N–H and O–H groups in total. The van der Waals surface area contributed by atoms with Crippen molar-refractivity contribution in [2.24, 2.45) is 7.05 Å². The van der Waals surface area contributed by atoms with Crippen LogP contribution in [0.1, 0.15) is 0 Å². The smallest absolute Gasteiger partial charge is 0.285 e. The molecule has 0 unspecified atom stereocenters. The Bertz CT molecular complexity index is 1040. The van der Waals surface area contributed by atoms with Crippen molar-refractivity contribution in [3.8, 4) is 11.4 Å². The molecule has 1 aromatic heterocycles. The fraction of sp³-hybridized carbons (Fsp3) is 0.0625. The van der Waals surface area contributed by atoms with Crippen molar-refractivity contribution in [2.45, 2.75) is 0 Å². The minimum atomic E-state index is -0.671. The molecule has 0 aliphatic rings. The van der Waals surface area contributed by atoms with Crippen LogP contribution >= 0.6 is 34.8 Å². The van der Waals surface area contributed by atoms with Crippen molar-refractivity contribution >= 4 is 40.5 Å². The minimum absolute atomic E-state index is 0.135. The molecule has 1 heterocycles. The number of benzene rings is 2. The monoisotopic (exact) mass is 396 g/mol. The van der Waals surface area contributed by atoms with Crippen LogP contribution in [0, 0.1) is 0 Å². The second-order valence-corrected chi connectivity index (χ2v) is 6.37. The summed E-state index contributed by atoms with van der Waals surface area (Å²) in [5, 5.41) is 0.796. The Labute approximate surface area is 157 Å². The van der Waals surface area contributed by atoms with Crippen LogP contribution in [0.4, 0.5) is 5.69 Å². The summed E-state index contributed by atoms with van der Waals surface area (Å²) < 4.78 is 1.98. The van der Waals surface area contributed by atoms with Gasteiger partial charge >= 0.3 is 11.4 Å². The summed E-state index contributed by atoms with van der Waals surface area (Å²) in [7, 11) is 1.33. The molecule has 0 radical (unpaired) electrons. The maximum atomic E-state index is 12.6. The Balaban J connectivity index is 2.25. The molecule has 3 rings (SSSR count). The Morgan fingerprint density at radius 3 is 2.20 bits per heavy atom. The first-order chi connectivity index (χ1) is 11.9. The zero-order valence-electron chi connectivity index (χ0n) is 12.8. The standard InChI is InChI=1S/C16H11Cl3N4O2/c1-22-15(24)20-14(9-5-3-2-4-6-9)23(16(22)25)21-13-11(18)7-10(17)8-12(13)19/h2-8,21H,1H3. The third kappa shape index (κ3) is 3.42. The predicted octanol–water partition coefficient (Wildman–Crippen LogP) is 3.44. The Morgan fingerprint density at radius 2 is 1.60 bits per heavy atom. The van der Waals surface area contributed by atoms with E-state index in [2.05, 4.69) is 10.4 Å². The van der Waals surface area contributed by atoms with E-state index in [1.54, 1.807) is 24.3 Å². The molecule has 3 aromatic rings. The summed E-state index contributed by atoms with van der Waals surface area (Å²) in [6.07, 6.45) is 0. The first kappa shape index (κ1) is 17.5. The lowest BCUT2D eigenvalue weighted by molar-refractivity contribution is 0.667. The molecule has 0 fully saturated rings. The molecule has 0 aliphatic carbocycles. The van der Waals surface area contributed by atoms with E-state index in [1.807, 2.05) is 6.07 Å². The Morgan fingerprint density at radius 1 is 1.00 bits per heavy atom. The number of aromatic nitrogens is 3. The third-order valence-corrected chi connectivity index (χ3v) is 4.26. The summed E-state index contributed by atoms with van der Waals surface area (Å²) in [5.41, 5.74) is 2.38. The van der Waals surface area contributed by atoms with Crippen LogP contribution in [-0.4, -0.2) is 14.2 Å². The fourth-order valence-electron chi connectivity index (χ4n) is 2.18. The summed E-state index contributed by atoms with van der Waals surface area (Å²) in [6.45, 7) is 0. The number of rotatable bonds is 3. The predicted molar refractivity (Wildman–Crippen MR) is 99.7 cm³/mol. The van der Waals surface area contributed by atoms with Gasteiger partial charge in [-0.25, -0.2) is 14.2 Å². The van der Waals surface area contributed by atoms with Crippen molar-refractivity contribution in [1.82, 2.24) is 14.2 Å². The summed E-state index contributed by atoms with van der Waals surface area (Å²) in [5.74, 6) is 0.135. The molecule has 0 saturated heterocycles. The maximum absolute atomic E-state index is 12.6. The SMILES string of the molecule is Cn1c(=O)nc(-c2ccccc2)n(Nc2c(Cl)cc(Cl)cc2Cl)c1=O. The molecule has 128 valence electrons. The van der Waals surface area contributed by atoms with E-state index in [1.165, 1.54) is 19.2 Å². The van der Waals surface area contributed by atoms with Crippen molar-refractivity contribution in [3.63, 3.8) is 0 Å². The lowest BCUT2D eigenvalue weighted by atomic mass is 10.2. The number of nitrogens with zero attached hydrogens (tertiary/aromatic N) is 3. The average molecular weight is 398 g/mol. The van der Waals surface area contributed by atoms with Gasteiger partial charge in [-0.2, -0.15) is 9.66 Å². The van der Waals surface area contributed by atoms with Gasteiger partial charge in [-0.3, -0.25) is 5.43 Å². The first-order valence-corrected chi connectivity index (χ1v) is 8.19. The molecular formula is C16H11Cl3N4O2. The lowest BCUT2D eigenvalue weighted by Gasteiger charge is -2.16. The third-order valence-electron chi connectivity index (χ3n) is 3.44. The van der Waals surface area contributed by atoms with Crippen LogP contribution < -0.4 is 16.8 Å². The number of hydrogen-bond acceptors (Lipinski definition) is 4. The van der Waals surface area contributed by atoms with Crippen molar-refractivity contribution in [3.05, 3.63) is 78.5 Å². The van der Waals surface area contributed by atoms with Crippen LogP contribution in [0.2, 0.25) is 15.1 Å². The van der Waals surface area contributed by atoms with Crippen LogP contribution in [0.5, 0.6) is 0 Å². The van der Waals surface area contributed by atoms with E-state index < -0.39 is 11.4 Å². The normalized spacial score (nSPS) is 10.7. The molecule has 0 bridgehead atoms. The quantitative estimate of drug-likeness (QED) is 0.735. The van der Waals surface area contributed by atoms with Crippen LogP contribution in [0.3, 0.4) is 0 Å². The average Bonchev–Trinajstić information content (AvgIpc) is 2.58. The summed E-state index contributed by atoms with van der Waals surface area (Å²) >= 11 is 18.2. The second kappa shape index (κ2) is 6.92. The minimum Gasteiger partial charge on any atom is -0.285 e. The van der Waals surface area contributed by atoms with Crippen LogP contribution in [-0.2, 0) is 7.05 Å². The molecule has 0 amide bonds. The Kier molecular flexibility index (Phi) is 4.85. The van der Waals surface area contributed by atoms with Gasteiger partial charge in [-0.15, -0.1) is 0 Å². The maximum Gasteiger partial charge on any atom is 0.353 e. The lowest BCUT2D eigenvalue weighted by Crippen LogP contribution is -2.43. The van der Waals surface area contributed by atoms with Crippen molar-refractivity contribution in [1.29, 1.82) is 0 Å². The molecule has 0 aliphatic heterocycles. The molecule has 0 spiro atoms. The van der Waals surface area contributed by atoms with E-state index in [4.69, 9.17) is 34.8 Å².